The van der Waals surface area contributed by atoms with Gasteiger partial charge in [-0.1, -0.05) is 41.4 Å². The molecule has 0 saturated heterocycles. The molecule has 0 atom stereocenters. The Hall–Kier alpha value is -2.83. The summed E-state index contributed by atoms with van der Waals surface area (Å²) in [6, 6.07) is 18.3. The first kappa shape index (κ1) is 19.9. The minimum absolute atomic E-state index is 0.159. The van der Waals surface area contributed by atoms with Gasteiger partial charge in [0.25, 0.3) is 15.9 Å². The van der Waals surface area contributed by atoms with E-state index in [9.17, 15) is 13.2 Å². The maximum Gasteiger partial charge on any atom is 0.261 e. The summed E-state index contributed by atoms with van der Waals surface area (Å²) in [5, 5.41) is 3.28. The lowest BCUT2D eigenvalue weighted by Gasteiger charge is -2.14. The molecule has 0 bridgehead atoms. The van der Waals surface area contributed by atoms with Gasteiger partial charge in [-0.05, 0) is 61.9 Å². The third-order valence-corrected chi connectivity index (χ3v) is 5.85. The lowest BCUT2D eigenvalue weighted by Crippen LogP contribution is -2.17. The highest BCUT2D eigenvalue weighted by Gasteiger charge is 2.18. The van der Waals surface area contributed by atoms with Crippen molar-refractivity contribution in [1.82, 2.24) is 0 Å². The summed E-state index contributed by atoms with van der Waals surface area (Å²) < 4.78 is 27.9. The van der Waals surface area contributed by atoms with Gasteiger partial charge in [-0.25, -0.2) is 8.42 Å². The average molecular weight is 415 g/mol. The number of hydrogen-bond acceptors (Lipinski definition) is 3. The first-order valence-electron chi connectivity index (χ1n) is 8.52. The first-order chi connectivity index (χ1) is 13.3. The Morgan fingerprint density at radius 1 is 0.929 bits per heavy atom. The standard InChI is InChI=1S/C21H19ClN2O3S/c1-14-9-11-18(12-10-14)28(26,27)24-20-8-4-7-19(15(20)2)21(25)23-17-6-3-5-16(22)13-17/h3-13,24H,1-2H3,(H,23,25). The fourth-order valence-corrected chi connectivity index (χ4v) is 3.99. The molecule has 5 nitrogen and oxygen atoms in total. The summed E-state index contributed by atoms with van der Waals surface area (Å²) in [5.74, 6) is -0.351. The molecule has 0 aliphatic carbocycles. The van der Waals surface area contributed by atoms with Crippen molar-refractivity contribution >= 4 is 38.9 Å². The quantitative estimate of drug-likeness (QED) is 0.616. The van der Waals surface area contributed by atoms with Crippen LogP contribution in [0.1, 0.15) is 21.5 Å². The molecule has 1 amide bonds. The third-order valence-electron chi connectivity index (χ3n) is 4.24. The van der Waals surface area contributed by atoms with Crippen LogP contribution in [0.25, 0.3) is 0 Å². The van der Waals surface area contributed by atoms with Crippen molar-refractivity contribution in [2.24, 2.45) is 0 Å². The van der Waals surface area contributed by atoms with Gasteiger partial charge < -0.3 is 5.32 Å². The van der Waals surface area contributed by atoms with Crippen molar-refractivity contribution in [2.45, 2.75) is 18.7 Å². The molecule has 3 aromatic rings. The molecule has 0 heterocycles. The largest absolute Gasteiger partial charge is 0.322 e. The van der Waals surface area contributed by atoms with Gasteiger partial charge in [-0.3, -0.25) is 9.52 Å². The Labute approximate surface area is 169 Å². The van der Waals surface area contributed by atoms with Gasteiger partial charge in [-0.2, -0.15) is 0 Å². The average Bonchev–Trinajstić information content (AvgIpc) is 2.63. The van der Waals surface area contributed by atoms with E-state index in [0.29, 0.717) is 27.5 Å². The van der Waals surface area contributed by atoms with E-state index in [-0.39, 0.29) is 10.8 Å². The molecule has 3 aromatic carbocycles. The van der Waals surface area contributed by atoms with E-state index < -0.39 is 10.0 Å². The summed E-state index contributed by atoms with van der Waals surface area (Å²) >= 11 is 5.94. The number of aryl methyl sites for hydroxylation is 1. The second-order valence-electron chi connectivity index (χ2n) is 6.36. The van der Waals surface area contributed by atoms with Crippen LogP contribution >= 0.6 is 11.6 Å². The molecule has 144 valence electrons. The highest BCUT2D eigenvalue weighted by atomic mass is 35.5. The molecule has 0 saturated carbocycles. The zero-order valence-electron chi connectivity index (χ0n) is 15.4. The number of hydrogen-bond donors (Lipinski definition) is 2. The number of rotatable bonds is 5. The molecule has 3 rings (SSSR count). The summed E-state index contributed by atoms with van der Waals surface area (Å²) in [6.45, 7) is 3.58. The third kappa shape index (κ3) is 4.52. The number of sulfonamides is 1. The van der Waals surface area contributed by atoms with Crippen molar-refractivity contribution in [2.75, 3.05) is 10.0 Å². The number of carbonyl (C=O) groups excluding carboxylic acids is 1. The molecular formula is C21H19ClN2O3S. The maximum atomic E-state index is 12.6. The number of nitrogens with one attached hydrogen (secondary N) is 2. The zero-order valence-corrected chi connectivity index (χ0v) is 16.9. The second-order valence-corrected chi connectivity index (χ2v) is 8.48. The van der Waals surface area contributed by atoms with Crippen LogP contribution in [0.15, 0.2) is 71.6 Å². The molecule has 7 heteroatoms. The fourth-order valence-electron chi connectivity index (χ4n) is 2.68. The van der Waals surface area contributed by atoms with Crippen LogP contribution in [-0.4, -0.2) is 14.3 Å². The highest BCUT2D eigenvalue weighted by molar-refractivity contribution is 7.92. The van der Waals surface area contributed by atoms with Gasteiger partial charge in [0.05, 0.1) is 10.6 Å². The van der Waals surface area contributed by atoms with Crippen LogP contribution < -0.4 is 10.0 Å². The van der Waals surface area contributed by atoms with E-state index in [1.807, 2.05) is 6.92 Å². The molecule has 0 spiro atoms. The molecule has 0 radical (unpaired) electrons. The Bertz CT molecular complexity index is 1130. The topological polar surface area (TPSA) is 75.3 Å². The molecule has 0 aliphatic heterocycles. The van der Waals surface area contributed by atoms with Crippen LogP contribution in [0.4, 0.5) is 11.4 Å². The van der Waals surface area contributed by atoms with Gasteiger partial charge in [0.2, 0.25) is 0 Å². The predicted octanol–water partition coefficient (Wildman–Crippen LogP) is 5.01. The molecule has 0 aromatic heterocycles. The van der Waals surface area contributed by atoms with Gasteiger partial charge in [-0.15, -0.1) is 0 Å². The molecular weight excluding hydrogens is 396 g/mol. The first-order valence-corrected chi connectivity index (χ1v) is 10.4. The van der Waals surface area contributed by atoms with Crippen molar-refractivity contribution in [3.8, 4) is 0 Å². The summed E-state index contributed by atoms with van der Waals surface area (Å²) in [4.78, 5) is 12.8. The Morgan fingerprint density at radius 3 is 2.29 bits per heavy atom. The van der Waals surface area contributed by atoms with Crippen LogP contribution in [0.5, 0.6) is 0 Å². The molecule has 0 unspecified atom stereocenters. The predicted molar refractivity (Wildman–Crippen MR) is 113 cm³/mol. The van der Waals surface area contributed by atoms with Crippen molar-refractivity contribution < 1.29 is 13.2 Å². The lowest BCUT2D eigenvalue weighted by atomic mass is 10.1. The minimum atomic E-state index is -3.76. The number of halogens is 1. The van der Waals surface area contributed by atoms with Gasteiger partial charge in [0.1, 0.15) is 0 Å². The summed E-state index contributed by atoms with van der Waals surface area (Å²) in [6.07, 6.45) is 0. The van der Waals surface area contributed by atoms with Crippen molar-refractivity contribution in [3.05, 3.63) is 88.4 Å². The smallest absolute Gasteiger partial charge is 0.261 e. The van der Waals surface area contributed by atoms with E-state index in [2.05, 4.69) is 10.0 Å². The van der Waals surface area contributed by atoms with Gasteiger partial charge in [0.15, 0.2) is 0 Å². The van der Waals surface area contributed by atoms with Gasteiger partial charge in [0, 0.05) is 16.3 Å². The SMILES string of the molecule is Cc1ccc(S(=O)(=O)Nc2cccc(C(=O)Nc3cccc(Cl)c3)c2C)cc1. The molecule has 0 aliphatic rings. The second kappa shape index (κ2) is 8.04. The highest BCUT2D eigenvalue weighted by Crippen LogP contribution is 2.24. The Kier molecular flexibility index (Phi) is 5.72. The Morgan fingerprint density at radius 2 is 1.61 bits per heavy atom. The fraction of sp³-hybridized carbons (Fsp3) is 0.0952. The number of carbonyl (C=O) groups is 1. The number of amides is 1. The lowest BCUT2D eigenvalue weighted by molar-refractivity contribution is 0.102. The van der Waals surface area contributed by atoms with Crippen LogP contribution in [0.2, 0.25) is 5.02 Å². The van der Waals surface area contributed by atoms with Crippen LogP contribution in [0.3, 0.4) is 0 Å². The van der Waals surface area contributed by atoms with Crippen LogP contribution in [0, 0.1) is 13.8 Å². The summed E-state index contributed by atoms with van der Waals surface area (Å²) in [5.41, 5.74) is 2.76. The normalized spacial score (nSPS) is 11.1. The summed E-state index contributed by atoms with van der Waals surface area (Å²) in [7, 11) is -3.76. The molecule has 0 fully saturated rings. The molecule has 2 N–H and O–H groups in total. The number of benzene rings is 3. The van der Waals surface area contributed by atoms with Crippen molar-refractivity contribution in [1.29, 1.82) is 0 Å². The Balaban J connectivity index is 1.86. The van der Waals surface area contributed by atoms with Crippen molar-refractivity contribution in [3.63, 3.8) is 0 Å². The maximum absolute atomic E-state index is 12.6. The van der Waals surface area contributed by atoms with E-state index in [4.69, 9.17) is 11.6 Å². The number of anilines is 2. The van der Waals surface area contributed by atoms with E-state index in [0.717, 1.165) is 5.56 Å². The van der Waals surface area contributed by atoms with Gasteiger partial charge >= 0.3 is 0 Å². The monoisotopic (exact) mass is 414 g/mol. The van der Waals surface area contributed by atoms with E-state index >= 15 is 0 Å². The zero-order chi connectivity index (χ0) is 20.3. The van der Waals surface area contributed by atoms with Crippen LogP contribution in [-0.2, 0) is 10.0 Å². The van der Waals surface area contributed by atoms with E-state index in [1.165, 1.54) is 0 Å². The molecule has 28 heavy (non-hydrogen) atoms. The van der Waals surface area contributed by atoms with E-state index in [1.54, 1.807) is 73.7 Å². The minimum Gasteiger partial charge on any atom is -0.322 e.